The summed E-state index contributed by atoms with van der Waals surface area (Å²) in [5.74, 6) is 0. The zero-order chi connectivity index (χ0) is 14.5. The van der Waals surface area contributed by atoms with Crippen molar-refractivity contribution in [1.82, 2.24) is 4.98 Å². The van der Waals surface area contributed by atoms with Crippen LogP contribution in [0.15, 0.2) is 24.4 Å². The summed E-state index contributed by atoms with van der Waals surface area (Å²) in [5, 5.41) is 11.0. The summed E-state index contributed by atoms with van der Waals surface area (Å²) in [6.45, 7) is 6.19. The molecule has 0 aliphatic carbocycles. The van der Waals surface area contributed by atoms with E-state index in [1.54, 1.807) is 6.20 Å². The van der Waals surface area contributed by atoms with E-state index in [-0.39, 0.29) is 0 Å². The zero-order valence-electron chi connectivity index (χ0n) is 11.9. The van der Waals surface area contributed by atoms with Gasteiger partial charge in [-0.1, -0.05) is 31.5 Å². The molecule has 1 aromatic carbocycles. The number of hydrogen-bond acceptors (Lipinski definition) is 3. The molecule has 104 valence electrons. The van der Waals surface area contributed by atoms with Crippen molar-refractivity contribution >= 4 is 28.2 Å². The van der Waals surface area contributed by atoms with Gasteiger partial charge in [0.15, 0.2) is 0 Å². The molecule has 0 aliphatic heterocycles. The van der Waals surface area contributed by atoms with Gasteiger partial charge in [0.25, 0.3) is 0 Å². The first-order valence-corrected chi connectivity index (χ1v) is 7.32. The van der Waals surface area contributed by atoms with Crippen molar-refractivity contribution in [3.8, 4) is 6.07 Å². The van der Waals surface area contributed by atoms with Crippen LogP contribution in [-0.4, -0.2) is 18.1 Å². The highest BCUT2D eigenvalue weighted by atomic mass is 35.5. The van der Waals surface area contributed by atoms with Gasteiger partial charge in [-0.05, 0) is 25.0 Å². The minimum Gasteiger partial charge on any atom is -0.370 e. The Hall–Kier alpha value is -1.79. The lowest BCUT2D eigenvalue weighted by atomic mass is 10.1. The summed E-state index contributed by atoms with van der Waals surface area (Å²) in [6.07, 6.45) is 3.70. The van der Waals surface area contributed by atoms with Crippen LogP contribution in [0.5, 0.6) is 0 Å². The summed E-state index contributed by atoms with van der Waals surface area (Å²) in [5.41, 5.74) is 2.34. The second-order valence-electron chi connectivity index (χ2n) is 4.78. The van der Waals surface area contributed by atoms with E-state index in [1.807, 2.05) is 18.2 Å². The second kappa shape index (κ2) is 6.58. The van der Waals surface area contributed by atoms with Gasteiger partial charge in [0.05, 0.1) is 16.2 Å². The van der Waals surface area contributed by atoms with E-state index in [1.165, 1.54) is 0 Å². The number of nitrogens with zero attached hydrogens (tertiary/aromatic N) is 3. The minimum absolute atomic E-state index is 0.591. The van der Waals surface area contributed by atoms with Crippen LogP contribution in [0.2, 0.25) is 5.02 Å². The van der Waals surface area contributed by atoms with Gasteiger partial charge in [0.2, 0.25) is 0 Å². The fourth-order valence-corrected chi connectivity index (χ4v) is 2.60. The molecule has 0 saturated heterocycles. The first kappa shape index (κ1) is 14.6. The molecule has 0 spiro atoms. The topological polar surface area (TPSA) is 39.9 Å². The molecule has 0 N–H and O–H groups in total. The van der Waals surface area contributed by atoms with Crippen LogP contribution >= 0.6 is 11.6 Å². The van der Waals surface area contributed by atoms with E-state index < -0.39 is 0 Å². The molecule has 0 unspecified atom stereocenters. The van der Waals surface area contributed by atoms with E-state index in [2.05, 4.69) is 29.8 Å². The van der Waals surface area contributed by atoms with Crippen LogP contribution in [0.4, 0.5) is 5.69 Å². The van der Waals surface area contributed by atoms with Crippen molar-refractivity contribution in [2.45, 2.75) is 26.7 Å². The van der Waals surface area contributed by atoms with Gasteiger partial charge in [0.1, 0.15) is 11.6 Å². The number of aromatic nitrogens is 1. The molecule has 0 aliphatic rings. The molecule has 3 nitrogen and oxygen atoms in total. The average molecular weight is 288 g/mol. The highest BCUT2D eigenvalue weighted by Crippen LogP contribution is 2.28. The zero-order valence-corrected chi connectivity index (χ0v) is 12.6. The highest BCUT2D eigenvalue weighted by molar-refractivity contribution is 6.31. The van der Waals surface area contributed by atoms with Crippen LogP contribution in [-0.2, 0) is 0 Å². The third kappa shape index (κ3) is 2.86. The van der Waals surface area contributed by atoms with Gasteiger partial charge in [-0.15, -0.1) is 0 Å². The summed E-state index contributed by atoms with van der Waals surface area (Å²) < 4.78 is 0. The average Bonchev–Trinajstić information content (AvgIpc) is 2.45. The largest absolute Gasteiger partial charge is 0.370 e. The quantitative estimate of drug-likeness (QED) is 0.819. The number of anilines is 1. The molecule has 1 aromatic heterocycles. The normalized spacial score (nSPS) is 10.5. The van der Waals surface area contributed by atoms with Gasteiger partial charge in [-0.2, -0.15) is 5.26 Å². The number of halogens is 1. The van der Waals surface area contributed by atoms with Crippen LogP contribution in [0.25, 0.3) is 10.9 Å². The monoisotopic (exact) mass is 287 g/mol. The van der Waals surface area contributed by atoms with Crippen molar-refractivity contribution in [3.63, 3.8) is 0 Å². The smallest absolute Gasteiger partial charge is 0.104 e. The predicted molar refractivity (Wildman–Crippen MR) is 84.3 cm³/mol. The molecule has 0 fully saturated rings. The SMILES string of the molecule is CCCN(CCC)c1ccc2cc(Cl)cnc2c1C#N. The second-order valence-corrected chi connectivity index (χ2v) is 5.22. The van der Waals surface area contributed by atoms with Crippen molar-refractivity contribution in [2.24, 2.45) is 0 Å². The van der Waals surface area contributed by atoms with Crippen molar-refractivity contribution < 1.29 is 0 Å². The minimum atomic E-state index is 0.591. The number of pyridine rings is 1. The van der Waals surface area contributed by atoms with E-state index in [0.29, 0.717) is 10.6 Å². The first-order valence-electron chi connectivity index (χ1n) is 6.94. The van der Waals surface area contributed by atoms with Gasteiger partial charge in [0, 0.05) is 24.7 Å². The van der Waals surface area contributed by atoms with E-state index in [9.17, 15) is 5.26 Å². The molecule has 0 radical (unpaired) electrons. The Morgan fingerprint density at radius 3 is 2.55 bits per heavy atom. The lowest BCUT2D eigenvalue weighted by Gasteiger charge is -2.25. The van der Waals surface area contributed by atoms with Gasteiger partial charge < -0.3 is 4.90 Å². The van der Waals surface area contributed by atoms with Crippen molar-refractivity contribution in [2.75, 3.05) is 18.0 Å². The lowest BCUT2D eigenvalue weighted by molar-refractivity contribution is 0.744. The number of benzene rings is 1. The van der Waals surface area contributed by atoms with Crippen LogP contribution in [0.3, 0.4) is 0 Å². The summed E-state index contributed by atoms with van der Waals surface area (Å²) in [6, 6.07) is 8.15. The maximum absolute atomic E-state index is 9.52. The molecule has 2 rings (SSSR count). The van der Waals surface area contributed by atoms with Crippen LogP contribution in [0, 0.1) is 11.3 Å². The van der Waals surface area contributed by atoms with Gasteiger partial charge in [-0.25, -0.2) is 0 Å². The standard InChI is InChI=1S/C16H18ClN3/c1-3-7-20(8-4-2)15-6-5-12-9-13(17)11-19-16(12)14(15)10-18/h5-6,9,11H,3-4,7-8H2,1-2H3. The van der Waals surface area contributed by atoms with Gasteiger partial charge in [-0.3, -0.25) is 4.98 Å². The maximum Gasteiger partial charge on any atom is 0.104 e. The third-order valence-electron chi connectivity index (χ3n) is 3.24. The van der Waals surface area contributed by atoms with E-state index in [4.69, 9.17) is 11.6 Å². The summed E-state index contributed by atoms with van der Waals surface area (Å²) in [4.78, 5) is 6.59. The number of rotatable bonds is 5. The molecule has 1 heterocycles. The van der Waals surface area contributed by atoms with Crippen molar-refractivity contribution in [3.05, 3.63) is 35.0 Å². The Morgan fingerprint density at radius 2 is 1.95 bits per heavy atom. The van der Waals surface area contributed by atoms with E-state index in [0.717, 1.165) is 42.5 Å². The maximum atomic E-state index is 9.52. The molecule has 20 heavy (non-hydrogen) atoms. The Labute approximate surface area is 124 Å². The predicted octanol–water partition coefficient (Wildman–Crippen LogP) is 4.39. The molecule has 0 bridgehead atoms. The fraction of sp³-hybridized carbons (Fsp3) is 0.375. The Balaban J connectivity index is 2.58. The molecular formula is C16H18ClN3. The third-order valence-corrected chi connectivity index (χ3v) is 3.44. The number of fused-ring (bicyclic) bond motifs is 1. The Morgan fingerprint density at radius 1 is 1.25 bits per heavy atom. The molecule has 0 amide bonds. The molecular weight excluding hydrogens is 270 g/mol. The van der Waals surface area contributed by atoms with Crippen LogP contribution in [0.1, 0.15) is 32.3 Å². The van der Waals surface area contributed by atoms with Crippen LogP contribution < -0.4 is 4.90 Å². The number of nitriles is 1. The molecule has 0 saturated carbocycles. The van der Waals surface area contributed by atoms with E-state index >= 15 is 0 Å². The summed E-state index contributed by atoms with van der Waals surface area (Å²) in [7, 11) is 0. The Kier molecular flexibility index (Phi) is 4.81. The van der Waals surface area contributed by atoms with Crippen molar-refractivity contribution in [1.29, 1.82) is 5.26 Å². The summed E-state index contributed by atoms with van der Waals surface area (Å²) >= 11 is 5.96. The molecule has 2 aromatic rings. The number of hydrogen-bond donors (Lipinski definition) is 0. The Bertz CT molecular complexity index is 640. The fourth-order valence-electron chi connectivity index (χ4n) is 2.43. The lowest BCUT2D eigenvalue weighted by Crippen LogP contribution is -2.25. The highest BCUT2D eigenvalue weighted by Gasteiger charge is 2.14. The first-order chi connectivity index (χ1) is 9.71. The molecule has 4 heteroatoms. The van der Waals surface area contributed by atoms with Gasteiger partial charge >= 0.3 is 0 Å². The molecule has 0 atom stereocenters.